The van der Waals surface area contributed by atoms with Crippen LogP contribution in [0.25, 0.3) is 11.1 Å². The maximum absolute atomic E-state index is 14.3. The number of pyridine rings is 1. The molecule has 6 nitrogen and oxygen atoms in total. The number of nitrogens with zero attached hydrogens (tertiary/aromatic N) is 3. The second kappa shape index (κ2) is 7.55. The Morgan fingerprint density at radius 3 is 2.52 bits per heavy atom. The first kappa shape index (κ1) is 19.3. The zero-order valence-corrected chi connectivity index (χ0v) is 16.5. The van der Waals surface area contributed by atoms with Crippen molar-refractivity contribution in [2.24, 2.45) is 4.99 Å². The molecule has 5 rings (SSSR count). The van der Waals surface area contributed by atoms with Gasteiger partial charge in [-0.25, -0.2) is 18.8 Å². The fourth-order valence-electron chi connectivity index (χ4n) is 3.85. The number of nitrogens with two attached hydrogens (primary N) is 1. The zero-order chi connectivity index (χ0) is 21.5. The van der Waals surface area contributed by atoms with Crippen LogP contribution in [-0.2, 0) is 0 Å². The molecule has 0 amide bonds. The van der Waals surface area contributed by atoms with Crippen molar-refractivity contribution in [1.29, 1.82) is 0 Å². The Kier molecular flexibility index (Phi) is 4.71. The van der Waals surface area contributed by atoms with E-state index < -0.39 is 23.0 Å². The number of anilines is 2. The highest BCUT2D eigenvalue weighted by Crippen LogP contribution is 2.34. The van der Waals surface area contributed by atoms with Gasteiger partial charge in [-0.1, -0.05) is 12.1 Å². The molecule has 31 heavy (non-hydrogen) atoms. The Hall–Kier alpha value is -3.65. The minimum absolute atomic E-state index is 0.0230. The summed E-state index contributed by atoms with van der Waals surface area (Å²) in [6.45, 7) is 3.83. The summed E-state index contributed by atoms with van der Waals surface area (Å²) >= 11 is 0. The van der Waals surface area contributed by atoms with Gasteiger partial charge in [-0.3, -0.25) is 4.79 Å². The van der Waals surface area contributed by atoms with E-state index in [1.807, 2.05) is 12.1 Å². The number of carbonyl (C=O) groups is 1. The minimum atomic E-state index is -1.08. The largest absolute Gasteiger partial charge is 0.396 e. The van der Waals surface area contributed by atoms with Crippen molar-refractivity contribution in [2.75, 3.05) is 36.8 Å². The number of nitrogen functional groups attached to an aromatic ring is 1. The number of fused-ring (bicyclic) bond motifs is 1. The SMILES string of the molecule is Nc1ccc(F)c(C(=O)C2=Nc3ncc(-c4ccc(N5CCNCC5)cc4)cc32)c1F. The number of Topliss-reactive ketones (excluding diaryl/α,β-unsaturated/α-hetero) is 1. The number of aliphatic imine (C=N–C) groups is 1. The summed E-state index contributed by atoms with van der Waals surface area (Å²) in [4.78, 5) is 23.4. The molecule has 3 aromatic rings. The summed E-state index contributed by atoms with van der Waals surface area (Å²) in [5, 5.41) is 3.33. The Morgan fingerprint density at radius 1 is 1.03 bits per heavy atom. The van der Waals surface area contributed by atoms with Gasteiger partial charge in [0.2, 0.25) is 5.78 Å². The second-order valence-corrected chi connectivity index (χ2v) is 7.49. The van der Waals surface area contributed by atoms with Gasteiger partial charge < -0.3 is 16.0 Å². The Bertz CT molecular complexity index is 1220. The number of hydrogen-bond acceptors (Lipinski definition) is 6. The van der Waals surface area contributed by atoms with Crippen LogP contribution in [0, 0.1) is 11.6 Å². The fourth-order valence-corrected chi connectivity index (χ4v) is 3.85. The number of benzene rings is 2. The summed E-state index contributed by atoms with van der Waals surface area (Å²) < 4.78 is 28.4. The van der Waals surface area contributed by atoms with Gasteiger partial charge in [0.1, 0.15) is 11.5 Å². The molecule has 0 aliphatic carbocycles. The molecule has 3 N–H and O–H groups in total. The lowest BCUT2D eigenvalue weighted by molar-refractivity contribution is 0.105. The van der Waals surface area contributed by atoms with E-state index in [-0.39, 0.29) is 11.4 Å². The highest BCUT2D eigenvalue weighted by molar-refractivity contribution is 6.55. The number of halogens is 2. The van der Waals surface area contributed by atoms with Crippen LogP contribution in [0.5, 0.6) is 0 Å². The second-order valence-electron chi connectivity index (χ2n) is 7.49. The third-order valence-corrected chi connectivity index (χ3v) is 5.59. The summed E-state index contributed by atoms with van der Waals surface area (Å²) in [6.07, 6.45) is 1.67. The predicted molar refractivity (Wildman–Crippen MR) is 116 cm³/mol. The number of carbonyl (C=O) groups excluding carboxylic acids is 1. The molecule has 1 saturated heterocycles. The van der Waals surface area contributed by atoms with E-state index in [0.717, 1.165) is 55.1 Å². The van der Waals surface area contributed by atoms with Crippen molar-refractivity contribution in [1.82, 2.24) is 10.3 Å². The van der Waals surface area contributed by atoms with E-state index in [4.69, 9.17) is 5.73 Å². The Morgan fingerprint density at radius 2 is 1.77 bits per heavy atom. The fraction of sp³-hybridized carbons (Fsp3) is 0.174. The lowest BCUT2D eigenvalue weighted by Crippen LogP contribution is -2.43. The number of aromatic nitrogens is 1. The zero-order valence-electron chi connectivity index (χ0n) is 16.5. The molecule has 1 aromatic heterocycles. The molecule has 0 spiro atoms. The van der Waals surface area contributed by atoms with Crippen LogP contribution in [0.1, 0.15) is 15.9 Å². The number of rotatable bonds is 4. The molecule has 0 saturated carbocycles. The van der Waals surface area contributed by atoms with Crippen LogP contribution >= 0.6 is 0 Å². The van der Waals surface area contributed by atoms with Gasteiger partial charge in [0.15, 0.2) is 11.6 Å². The maximum atomic E-state index is 14.3. The van der Waals surface area contributed by atoms with Gasteiger partial charge in [-0.15, -0.1) is 0 Å². The number of hydrogen-bond donors (Lipinski definition) is 2. The van der Waals surface area contributed by atoms with Crippen LogP contribution in [0.2, 0.25) is 0 Å². The van der Waals surface area contributed by atoms with Gasteiger partial charge >= 0.3 is 0 Å². The molecule has 0 radical (unpaired) electrons. The molecule has 156 valence electrons. The van der Waals surface area contributed by atoms with E-state index in [1.165, 1.54) is 0 Å². The topological polar surface area (TPSA) is 83.6 Å². The summed E-state index contributed by atoms with van der Waals surface area (Å²) in [6, 6.07) is 11.9. The van der Waals surface area contributed by atoms with Crippen LogP contribution in [0.3, 0.4) is 0 Å². The minimum Gasteiger partial charge on any atom is -0.396 e. The average molecular weight is 419 g/mol. The molecule has 3 heterocycles. The number of piperazine rings is 1. The van der Waals surface area contributed by atoms with Crippen molar-refractivity contribution in [3.8, 4) is 11.1 Å². The smallest absolute Gasteiger partial charge is 0.218 e. The van der Waals surface area contributed by atoms with E-state index in [9.17, 15) is 13.6 Å². The molecule has 0 bridgehead atoms. The summed E-state index contributed by atoms with van der Waals surface area (Å²) in [7, 11) is 0. The number of ketones is 1. The summed E-state index contributed by atoms with van der Waals surface area (Å²) in [5.41, 5.74) is 7.81. The van der Waals surface area contributed by atoms with Crippen molar-refractivity contribution < 1.29 is 13.6 Å². The van der Waals surface area contributed by atoms with Gasteiger partial charge in [-0.05, 0) is 35.9 Å². The Balaban J connectivity index is 1.42. The van der Waals surface area contributed by atoms with Gasteiger partial charge in [0, 0.05) is 49.2 Å². The lowest BCUT2D eigenvalue weighted by atomic mass is 9.94. The summed E-state index contributed by atoms with van der Waals surface area (Å²) in [5.74, 6) is -2.52. The van der Waals surface area contributed by atoms with E-state index >= 15 is 0 Å². The quantitative estimate of drug-likeness (QED) is 0.501. The highest BCUT2D eigenvalue weighted by Gasteiger charge is 2.32. The molecule has 8 heteroatoms. The lowest BCUT2D eigenvalue weighted by Gasteiger charge is -2.29. The molecular weight excluding hydrogens is 400 g/mol. The monoisotopic (exact) mass is 419 g/mol. The van der Waals surface area contributed by atoms with Crippen molar-refractivity contribution in [3.63, 3.8) is 0 Å². The van der Waals surface area contributed by atoms with Crippen LogP contribution < -0.4 is 16.0 Å². The van der Waals surface area contributed by atoms with Crippen LogP contribution in [-0.4, -0.2) is 42.7 Å². The van der Waals surface area contributed by atoms with Crippen molar-refractivity contribution in [2.45, 2.75) is 0 Å². The maximum Gasteiger partial charge on any atom is 0.218 e. The predicted octanol–water partition coefficient (Wildman–Crippen LogP) is 3.34. The molecular formula is C23H19F2N5O. The third kappa shape index (κ3) is 3.34. The van der Waals surface area contributed by atoms with Gasteiger partial charge in [-0.2, -0.15) is 0 Å². The average Bonchev–Trinajstić information content (AvgIpc) is 2.78. The van der Waals surface area contributed by atoms with Crippen molar-refractivity contribution >= 4 is 28.7 Å². The highest BCUT2D eigenvalue weighted by atomic mass is 19.1. The normalized spacial score (nSPS) is 15.2. The molecule has 1 fully saturated rings. The molecule has 2 aliphatic heterocycles. The van der Waals surface area contributed by atoms with Crippen molar-refractivity contribution in [3.05, 3.63) is 71.4 Å². The molecule has 0 atom stereocenters. The van der Waals surface area contributed by atoms with E-state index in [0.29, 0.717) is 11.4 Å². The standard InChI is InChI=1S/C23H19F2N5O/c24-17-5-6-18(26)20(25)19(17)22(31)21-16-11-14(12-28-23(16)29-21)13-1-3-15(4-2-13)30-9-7-27-8-10-30/h1-6,11-12,27H,7-10,26H2. The van der Waals surface area contributed by atoms with Crippen LogP contribution in [0.4, 0.5) is 26.0 Å². The molecule has 2 aromatic carbocycles. The number of nitrogens with one attached hydrogen (secondary N) is 1. The van der Waals surface area contributed by atoms with E-state index in [2.05, 4.69) is 32.3 Å². The van der Waals surface area contributed by atoms with Crippen LogP contribution in [0.15, 0.2) is 53.7 Å². The third-order valence-electron chi connectivity index (χ3n) is 5.59. The van der Waals surface area contributed by atoms with Gasteiger partial charge in [0.05, 0.1) is 11.3 Å². The molecule has 0 unspecified atom stereocenters. The first-order chi connectivity index (χ1) is 15.0. The van der Waals surface area contributed by atoms with Gasteiger partial charge in [0.25, 0.3) is 0 Å². The first-order valence-electron chi connectivity index (χ1n) is 9.96. The molecule has 2 aliphatic rings. The Labute approximate surface area is 177 Å². The first-order valence-corrected chi connectivity index (χ1v) is 9.96. The van der Waals surface area contributed by atoms with E-state index in [1.54, 1.807) is 12.3 Å².